The molecule has 5 heteroatoms. The van der Waals surface area contributed by atoms with E-state index in [9.17, 15) is 0 Å². The number of hydrogen-bond donors (Lipinski definition) is 2. The minimum atomic E-state index is 0.495. The Morgan fingerprint density at radius 1 is 1.19 bits per heavy atom. The number of para-hydroxylation sites is 1. The van der Waals surface area contributed by atoms with Crippen LogP contribution in [0.15, 0.2) is 36.7 Å². The van der Waals surface area contributed by atoms with E-state index in [-0.39, 0.29) is 0 Å². The summed E-state index contributed by atoms with van der Waals surface area (Å²) in [5.74, 6) is 7.10. The number of ether oxygens (including phenoxy) is 1. The molecule has 0 saturated carbocycles. The van der Waals surface area contributed by atoms with Gasteiger partial charge in [0.15, 0.2) is 0 Å². The Morgan fingerprint density at radius 2 is 1.94 bits per heavy atom. The van der Waals surface area contributed by atoms with Crippen LogP contribution in [-0.2, 0) is 0 Å². The molecule has 0 radical (unpaired) electrons. The van der Waals surface area contributed by atoms with Crippen LogP contribution in [0.25, 0.3) is 0 Å². The average molecular weight is 216 g/mol. The second-order valence-electron chi connectivity index (χ2n) is 3.21. The predicted molar refractivity (Wildman–Crippen MR) is 61.1 cm³/mol. The summed E-state index contributed by atoms with van der Waals surface area (Å²) in [5, 5.41) is 0. The first-order valence-electron chi connectivity index (χ1n) is 4.82. The highest BCUT2D eigenvalue weighted by molar-refractivity contribution is 5.47. The molecule has 0 spiro atoms. The van der Waals surface area contributed by atoms with Gasteiger partial charge in [-0.05, 0) is 19.1 Å². The van der Waals surface area contributed by atoms with Crippen molar-refractivity contribution in [2.75, 3.05) is 5.43 Å². The van der Waals surface area contributed by atoms with Gasteiger partial charge in [-0.25, -0.2) is 15.8 Å². The van der Waals surface area contributed by atoms with Gasteiger partial charge in [0.1, 0.15) is 17.9 Å². The molecule has 0 aliphatic carbocycles. The van der Waals surface area contributed by atoms with Crippen molar-refractivity contribution in [2.24, 2.45) is 5.84 Å². The van der Waals surface area contributed by atoms with Crippen LogP contribution in [0.5, 0.6) is 11.6 Å². The maximum absolute atomic E-state index is 5.60. The minimum Gasteiger partial charge on any atom is -0.439 e. The summed E-state index contributed by atoms with van der Waals surface area (Å²) in [4.78, 5) is 8.03. The van der Waals surface area contributed by atoms with Crippen LogP contribution >= 0.6 is 0 Å². The van der Waals surface area contributed by atoms with Crippen molar-refractivity contribution in [1.29, 1.82) is 0 Å². The van der Waals surface area contributed by atoms with Crippen molar-refractivity contribution in [3.05, 3.63) is 42.2 Å². The lowest BCUT2D eigenvalue weighted by molar-refractivity contribution is 0.458. The van der Waals surface area contributed by atoms with E-state index in [0.29, 0.717) is 11.7 Å². The number of nitrogen functional groups attached to an aromatic ring is 1. The number of anilines is 1. The summed E-state index contributed by atoms with van der Waals surface area (Å²) in [7, 11) is 0. The third kappa shape index (κ3) is 2.09. The predicted octanol–water partition coefficient (Wildman–Crippen LogP) is 1.86. The molecule has 0 saturated heterocycles. The molecule has 1 heterocycles. The standard InChI is InChI=1S/C11H12N4O/c1-8-10(15-12)13-7-14-11(8)16-9-5-3-2-4-6-9/h2-7H,12H2,1H3,(H,13,14,15). The summed E-state index contributed by atoms with van der Waals surface area (Å²) in [5.41, 5.74) is 3.26. The molecule has 1 aromatic heterocycles. The number of nitrogens with two attached hydrogens (primary N) is 1. The van der Waals surface area contributed by atoms with Gasteiger partial charge in [-0.2, -0.15) is 0 Å². The monoisotopic (exact) mass is 216 g/mol. The van der Waals surface area contributed by atoms with Crippen LogP contribution in [0.4, 0.5) is 5.82 Å². The molecule has 2 aromatic rings. The van der Waals surface area contributed by atoms with E-state index in [1.807, 2.05) is 37.3 Å². The van der Waals surface area contributed by atoms with E-state index in [0.717, 1.165) is 11.3 Å². The van der Waals surface area contributed by atoms with Crippen LogP contribution in [0, 0.1) is 6.92 Å². The SMILES string of the molecule is Cc1c(NN)ncnc1Oc1ccccc1. The molecular weight excluding hydrogens is 204 g/mol. The van der Waals surface area contributed by atoms with Gasteiger partial charge in [0, 0.05) is 0 Å². The number of aromatic nitrogens is 2. The second kappa shape index (κ2) is 4.59. The molecule has 0 unspecified atom stereocenters. The third-order valence-corrected chi connectivity index (χ3v) is 2.13. The highest BCUT2D eigenvalue weighted by Gasteiger charge is 2.07. The minimum absolute atomic E-state index is 0.495. The van der Waals surface area contributed by atoms with Crippen molar-refractivity contribution in [2.45, 2.75) is 6.92 Å². The number of nitrogens with one attached hydrogen (secondary N) is 1. The molecule has 0 aliphatic rings. The van der Waals surface area contributed by atoms with Gasteiger partial charge in [-0.3, -0.25) is 0 Å². The van der Waals surface area contributed by atoms with Crippen molar-refractivity contribution in [3.8, 4) is 11.6 Å². The Bertz CT molecular complexity index is 473. The Kier molecular flexibility index (Phi) is 2.98. The fourth-order valence-corrected chi connectivity index (χ4v) is 1.28. The first-order chi connectivity index (χ1) is 7.81. The lowest BCUT2D eigenvalue weighted by atomic mass is 10.3. The van der Waals surface area contributed by atoms with Crippen molar-refractivity contribution < 1.29 is 4.74 Å². The first kappa shape index (κ1) is 10.4. The molecule has 2 rings (SSSR count). The van der Waals surface area contributed by atoms with Crippen LogP contribution < -0.4 is 16.0 Å². The summed E-state index contributed by atoms with van der Waals surface area (Å²) in [6, 6.07) is 9.43. The smallest absolute Gasteiger partial charge is 0.227 e. The Morgan fingerprint density at radius 3 is 2.62 bits per heavy atom. The second-order valence-corrected chi connectivity index (χ2v) is 3.21. The lowest BCUT2D eigenvalue weighted by Crippen LogP contribution is -2.10. The van der Waals surface area contributed by atoms with E-state index in [1.165, 1.54) is 6.33 Å². The molecule has 0 fully saturated rings. The van der Waals surface area contributed by atoms with Crippen molar-refractivity contribution in [3.63, 3.8) is 0 Å². The molecule has 5 nitrogen and oxygen atoms in total. The largest absolute Gasteiger partial charge is 0.439 e. The first-order valence-corrected chi connectivity index (χ1v) is 4.82. The van der Waals surface area contributed by atoms with Gasteiger partial charge >= 0.3 is 0 Å². The molecule has 0 bridgehead atoms. The van der Waals surface area contributed by atoms with Crippen LogP contribution in [0.3, 0.4) is 0 Å². The summed E-state index contributed by atoms with van der Waals surface area (Å²) >= 11 is 0. The normalized spacial score (nSPS) is 9.88. The van der Waals surface area contributed by atoms with E-state index in [1.54, 1.807) is 0 Å². The molecule has 16 heavy (non-hydrogen) atoms. The zero-order valence-electron chi connectivity index (χ0n) is 8.84. The zero-order valence-corrected chi connectivity index (χ0v) is 8.84. The maximum atomic E-state index is 5.60. The Labute approximate surface area is 93.3 Å². The van der Waals surface area contributed by atoms with Gasteiger partial charge < -0.3 is 10.2 Å². The van der Waals surface area contributed by atoms with Crippen molar-refractivity contribution >= 4 is 5.82 Å². The fourth-order valence-electron chi connectivity index (χ4n) is 1.28. The summed E-state index contributed by atoms with van der Waals surface area (Å²) in [6.45, 7) is 1.84. The van der Waals surface area contributed by atoms with E-state index in [2.05, 4.69) is 15.4 Å². The number of hydrazine groups is 1. The van der Waals surface area contributed by atoms with Gasteiger partial charge in [0.05, 0.1) is 5.56 Å². The molecule has 0 amide bonds. The van der Waals surface area contributed by atoms with Gasteiger partial charge in [-0.1, -0.05) is 18.2 Å². The highest BCUT2D eigenvalue weighted by atomic mass is 16.5. The molecule has 1 aromatic carbocycles. The molecule has 0 atom stereocenters. The zero-order chi connectivity index (χ0) is 11.4. The van der Waals surface area contributed by atoms with E-state index < -0.39 is 0 Å². The Hall–Kier alpha value is -2.14. The van der Waals surface area contributed by atoms with E-state index >= 15 is 0 Å². The van der Waals surface area contributed by atoms with Gasteiger partial charge in [0.2, 0.25) is 5.88 Å². The number of hydrogen-bond acceptors (Lipinski definition) is 5. The molecular formula is C11H12N4O. The summed E-state index contributed by atoms with van der Waals surface area (Å²) < 4.78 is 5.60. The fraction of sp³-hybridized carbons (Fsp3) is 0.0909. The van der Waals surface area contributed by atoms with Gasteiger partial charge in [-0.15, -0.1) is 0 Å². The topological polar surface area (TPSA) is 73.1 Å². The molecule has 0 aliphatic heterocycles. The van der Waals surface area contributed by atoms with Crippen LogP contribution in [0.2, 0.25) is 0 Å². The van der Waals surface area contributed by atoms with E-state index in [4.69, 9.17) is 10.6 Å². The van der Waals surface area contributed by atoms with Gasteiger partial charge in [0.25, 0.3) is 0 Å². The Balaban J connectivity index is 2.28. The number of nitrogens with zero attached hydrogens (tertiary/aromatic N) is 2. The number of rotatable bonds is 3. The maximum Gasteiger partial charge on any atom is 0.227 e. The number of benzene rings is 1. The highest BCUT2D eigenvalue weighted by Crippen LogP contribution is 2.24. The third-order valence-electron chi connectivity index (χ3n) is 2.13. The van der Waals surface area contributed by atoms with Crippen LogP contribution in [0.1, 0.15) is 5.56 Å². The molecule has 3 N–H and O–H groups in total. The quantitative estimate of drug-likeness (QED) is 0.605. The summed E-state index contributed by atoms with van der Waals surface area (Å²) in [6.07, 6.45) is 1.40. The average Bonchev–Trinajstić information content (AvgIpc) is 2.33. The molecule has 82 valence electrons. The van der Waals surface area contributed by atoms with Crippen molar-refractivity contribution in [1.82, 2.24) is 9.97 Å². The van der Waals surface area contributed by atoms with Crippen LogP contribution in [-0.4, -0.2) is 9.97 Å². The lowest BCUT2D eigenvalue weighted by Gasteiger charge is -2.09.